The molecule has 27 heavy (non-hydrogen) atoms. The highest BCUT2D eigenvalue weighted by molar-refractivity contribution is 7.91. The van der Waals surface area contributed by atoms with E-state index in [-0.39, 0.29) is 22.8 Å². The number of amides is 1. The van der Waals surface area contributed by atoms with Gasteiger partial charge in [0.2, 0.25) is 0 Å². The van der Waals surface area contributed by atoms with Crippen molar-refractivity contribution in [3.05, 3.63) is 64.7 Å². The van der Waals surface area contributed by atoms with Gasteiger partial charge in [-0.15, -0.1) is 11.3 Å². The number of hydrogen-bond donors (Lipinski definition) is 1. The number of carbonyl (C=O) groups is 1. The molecule has 6 nitrogen and oxygen atoms in total. The van der Waals surface area contributed by atoms with Crippen LogP contribution in [-0.4, -0.2) is 30.0 Å². The standard InChI is InChI=1S/C19H19N3O3S2/c1-2-11-27(24,25)17-6-4-3-5-15(17)19(23)21-12-18-22-16(13-26-18)14-7-9-20-10-8-14/h3-10,13H,2,11-12H2,1H3,(H,21,23). The number of nitrogens with zero attached hydrogens (tertiary/aromatic N) is 2. The molecule has 0 aliphatic carbocycles. The first-order chi connectivity index (χ1) is 13.0. The molecule has 0 fully saturated rings. The highest BCUT2D eigenvalue weighted by Crippen LogP contribution is 2.21. The fourth-order valence-electron chi connectivity index (χ4n) is 2.60. The van der Waals surface area contributed by atoms with E-state index in [0.29, 0.717) is 6.42 Å². The Morgan fingerprint density at radius 1 is 1.15 bits per heavy atom. The van der Waals surface area contributed by atoms with Crippen molar-refractivity contribution in [2.24, 2.45) is 0 Å². The van der Waals surface area contributed by atoms with E-state index in [1.165, 1.54) is 23.5 Å². The number of carbonyl (C=O) groups excluding carboxylic acids is 1. The Balaban J connectivity index is 1.73. The number of benzene rings is 1. The van der Waals surface area contributed by atoms with Crippen LogP contribution >= 0.6 is 11.3 Å². The molecule has 1 aromatic carbocycles. The topological polar surface area (TPSA) is 89.0 Å². The van der Waals surface area contributed by atoms with Crippen molar-refractivity contribution in [3.63, 3.8) is 0 Å². The summed E-state index contributed by atoms with van der Waals surface area (Å²) in [6, 6.07) is 10.0. The number of aromatic nitrogens is 2. The van der Waals surface area contributed by atoms with Crippen LogP contribution in [0.15, 0.2) is 59.1 Å². The lowest BCUT2D eigenvalue weighted by Crippen LogP contribution is -2.25. The van der Waals surface area contributed by atoms with Crippen LogP contribution in [0.5, 0.6) is 0 Å². The molecule has 0 saturated carbocycles. The molecule has 140 valence electrons. The number of thiazole rings is 1. The molecule has 3 rings (SSSR count). The third kappa shape index (κ3) is 4.58. The summed E-state index contributed by atoms with van der Waals surface area (Å²) < 4.78 is 24.8. The summed E-state index contributed by atoms with van der Waals surface area (Å²) in [6.45, 7) is 2.03. The number of rotatable bonds is 7. The second kappa shape index (κ2) is 8.41. The van der Waals surface area contributed by atoms with Crippen LogP contribution in [-0.2, 0) is 16.4 Å². The lowest BCUT2D eigenvalue weighted by atomic mass is 10.2. The van der Waals surface area contributed by atoms with Crippen LogP contribution in [0.1, 0.15) is 28.7 Å². The van der Waals surface area contributed by atoms with Gasteiger partial charge in [0.15, 0.2) is 9.84 Å². The molecule has 8 heteroatoms. The first-order valence-electron chi connectivity index (χ1n) is 8.46. The van der Waals surface area contributed by atoms with E-state index in [0.717, 1.165) is 16.3 Å². The summed E-state index contributed by atoms with van der Waals surface area (Å²) in [5.74, 6) is -0.412. The molecule has 0 spiro atoms. The zero-order valence-corrected chi connectivity index (χ0v) is 16.4. The van der Waals surface area contributed by atoms with Gasteiger partial charge in [0.25, 0.3) is 5.91 Å². The van der Waals surface area contributed by atoms with E-state index >= 15 is 0 Å². The Hall–Kier alpha value is -2.58. The average molecular weight is 402 g/mol. The van der Waals surface area contributed by atoms with E-state index in [4.69, 9.17) is 0 Å². The molecule has 0 saturated heterocycles. The number of nitrogens with one attached hydrogen (secondary N) is 1. The largest absolute Gasteiger partial charge is 0.345 e. The predicted molar refractivity (Wildman–Crippen MR) is 105 cm³/mol. The number of pyridine rings is 1. The first kappa shape index (κ1) is 19.2. The maximum absolute atomic E-state index is 12.6. The van der Waals surface area contributed by atoms with Gasteiger partial charge in [-0.3, -0.25) is 9.78 Å². The normalized spacial score (nSPS) is 11.3. The Kier molecular flexibility index (Phi) is 5.98. The highest BCUT2D eigenvalue weighted by atomic mass is 32.2. The van der Waals surface area contributed by atoms with Crippen LogP contribution in [0.4, 0.5) is 0 Å². The molecule has 0 atom stereocenters. The van der Waals surface area contributed by atoms with Crippen molar-refractivity contribution in [1.82, 2.24) is 15.3 Å². The van der Waals surface area contributed by atoms with Gasteiger partial charge < -0.3 is 5.32 Å². The molecule has 1 amide bonds. The summed E-state index contributed by atoms with van der Waals surface area (Å²) in [5, 5.41) is 5.42. The summed E-state index contributed by atoms with van der Waals surface area (Å²) in [7, 11) is -3.48. The monoisotopic (exact) mass is 401 g/mol. The minimum absolute atomic E-state index is 0.0130. The van der Waals surface area contributed by atoms with Crippen LogP contribution in [0.2, 0.25) is 0 Å². The zero-order chi connectivity index (χ0) is 19.3. The molecule has 0 unspecified atom stereocenters. The van der Waals surface area contributed by atoms with Gasteiger partial charge in [-0.2, -0.15) is 0 Å². The number of sulfone groups is 1. The smallest absolute Gasteiger partial charge is 0.252 e. The summed E-state index contributed by atoms with van der Waals surface area (Å²) in [6.07, 6.45) is 3.89. The third-order valence-electron chi connectivity index (χ3n) is 3.87. The van der Waals surface area contributed by atoms with Gasteiger partial charge >= 0.3 is 0 Å². The Bertz CT molecular complexity index is 1030. The molecule has 2 heterocycles. The first-order valence-corrected chi connectivity index (χ1v) is 11.0. The van der Waals surface area contributed by atoms with Crippen LogP contribution in [0.3, 0.4) is 0 Å². The lowest BCUT2D eigenvalue weighted by molar-refractivity contribution is 0.0947. The molecule has 0 bridgehead atoms. The summed E-state index contributed by atoms with van der Waals surface area (Å²) in [4.78, 5) is 21.1. The Morgan fingerprint density at radius 2 is 1.89 bits per heavy atom. The number of hydrogen-bond acceptors (Lipinski definition) is 6. The van der Waals surface area contributed by atoms with Crippen molar-refractivity contribution in [2.45, 2.75) is 24.8 Å². The Labute approximate surface area is 162 Å². The van der Waals surface area contributed by atoms with Gasteiger partial charge in [-0.25, -0.2) is 13.4 Å². The van der Waals surface area contributed by atoms with E-state index in [1.807, 2.05) is 17.5 Å². The maximum Gasteiger partial charge on any atom is 0.252 e. The zero-order valence-electron chi connectivity index (χ0n) is 14.8. The SMILES string of the molecule is CCCS(=O)(=O)c1ccccc1C(=O)NCc1nc(-c2ccncc2)cs1. The minimum Gasteiger partial charge on any atom is -0.345 e. The van der Waals surface area contributed by atoms with Crippen molar-refractivity contribution in [2.75, 3.05) is 5.75 Å². The molecule has 0 aliphatic rings. The highest BCUT2D eigenvalue weighted by Gasteiger charge is 2.21. The molecular weight excluding hydrogens is 382 g/mol. The van der Waals surface area contributed by atoms with Gasteiger partial charge in [0.05, 0.1) is 28.5 Å². The lowest BCUT2D eigenvalue weighted by Gasteiger charge is -2.10. The fraction of sp³-hybridized carbons (Fsp3) is 0.211. The molecule has 0 radical (unpaired) electrons. The van der Waals surface area contributed by atoms with Gasteiger partial charge in [-0.1, -0.05) is 19.1 Å². The summed E-state index contributed by atoms with van der Waals surface area (Å²) >= 11 is 1.43. The van der Waals surface area contributed by atoms with Gasteiger partial charge in [-0.05, 0) is 30.7 Å². The second-order valence-electron chi connectivity index (χ2n) is 5.86. The van der Waals surface area contributed by atoms with Crippen LogP contribution in [0, 0.1) is 0 Å². The second-order valence-corrected chi connectivity index (χ2v) is 8.88. The minimum atomic E-state index is -3.48. The van der Waals surface area contributed by atoms with E-state index in [2.05, 4.69) is 15.3 Å². The Morgan fingerprint density at radius 3 is 2.63 bits per heavy atom. The van der Waals surface area contributed by atoms with Crippen molar-refractivity contribution in [1.29, 1.82) is 0 Å². The molecular formula is C19H19N3O3S2. The van der Waals surface area contributed by atoms with Crippen LogP contribution < -0.4 is 5.32 Å². The van der Waals surface area contributed by atoms with E-state index in [9.17, 15) is 13.2 Å². The molecule has 1 N–H and O–H groups in total. The van der Waals surface area contributed by atoms with Crippen LogP contribution in [0.25, 0.3) is 11.3 Å². The molecule has 2 aromatic heterocycles. The van der Waals surface area contributed by atoms with Gasteiger partial charge in [0, 0.05) is 23.3 Å². The van der Waals surface area contributed by atoms with E-state index < -0.39 is 15.7 Å². The quantitative estimate of drug-likeness (QED) is 0.656. The average Bonchev–Trinajstić information content (AvgIpc) is 3.16. The predicted octanol–water partition coefficient (Wildman–Crippen LogP) is 3.32. The molecule has 3 aromatic rings. The summed E-state index contributed by atoms with van der Waals surface area (Å²) in [5.41, 5.74) is 1.93. The van der Waals surface area contributed by atoms with Crippen molar-refractivity contribution >= 4 is 27.1 Å². The van der Waals surface area contributed by atoms with Crippen molar-refractivity contribution < 1.29 is 13.2 Å². The van der Waals surface area contributed by atoms with Crippen molar-refractivity contribution in [3.8, 4) is 11.3 Å². The fourth-order valence-corrected chi connectivity index (χ4v) is 4.88. The van der Waals surface area contributed by atoms with Gasteiger partial charge in [0.1, 0.15) is 5.01 Å². The molecule has 0 aliphatic heterocycles. The van der Waals surface area contributed by atoms with E-state index in [1.54, 1.807) is 31.5 Å². The third-order valence-corrected chi connectivity index (χ3v) is 6.69. The maximum atomic E-state index is 12.6.